The highest BCUT2D eigenvalue weighted by molar-refractivity contribution is 5.92. The van der Waals surface area contributed by atoms with Crippen LogP contribution in [-0.4, -0.2) is 60.2 Å². The minimum atomic E-state index is 0.100. The van der Waals surface area contributed by atoms with Crippen molar-refractivity contribution in [2.45, 2.75) is 13.3 Å². The normalized spacial score (nSPS) is 18.1. The van der Waals surface area contributed by atoms with Gasteiger partial charge in [0.05, 0.1) is 0 Å². The van der Waals surface area contributed by atoms with E-state index >= 15 is 0 Å². The van der Waals surface area contributed by atoms with Crippen LogP contribution in [0.4, 0.5) is 0 Å². The second-order valence-electron chi connectivity index (χ2n) is 7.17. The number of hydrogen-bond acceptors (Lipinski definition) is 4. The quantitative estimate of drug-likeness (QED) is 0.895. The molecule has 0 spiro atoms. The second-order valence-corrected chi connectivity index (χ2v) is 7.17. The molecular weight excluding hydrogens is 330 g/mol. The predicted molar refractivity (Wildman–Crippen MR) is 98.6 cm³/mol. The lowest BCUT2D eigenvalue weighted by Crippen LogP contribution is -2.49. The van der Waals surface area contributed by atoms with Crippen LogP contribution in [0.3, 0.4) is 0 Å². The fourth-order valence-electron chi connectivity index (χ4n) is 3.74. The van der Waals surface area contributed by atoms with E-state index in [4.69, 9.17) is 9.47 Å². The summed E-state index contributed by atoms with van der Waals surface area (Å²) in [7, 11) is 0. The van der Waals surface area contributed by atoms with Gasteiger partial charge in [-0.2, -0.15) is 0 Å². The van der Waals surface area contributed by atoms with E-state index in [0.29, 0.717) is 18.4 Å². The van der Waals surface area contributed by atoms with Crippen molar-refractivity contribution in [3.8, 4) is 11.5 Å². The van der Waals surface area contributed by atoms with Gasteiger partial charge in [0.1, 0.15) is 5.69 Å². The Morgan fingerprint density at radius 1 is 1.15 bits per heavy atom. The number of aromatic amines is 1. The zero-order valence-corrected chi connectivity index (χ0v) is 15.1. The van der Waals surface area contributed by atoms with Gasteiger partial charge in [-0.25, -0.2) is 0 Å². The van der Waals surface area contributed by atoms with Crippen molar-refractivity contribution >= 4 is 5.91 Å². The summed E-state index contributed by atoms with van der Waals surface area (Å²) in [6.45, 7) is 7.07. The molecule has 2 aliphatic heterocycles. The summed E-state index contributed by atoms with van der Waals surface area (Å²) in [5.41, 5.74) is 1.96. The first kappa shape index (κ1) is 17.0. The average molecular weight is 355 g/mol. The number of aromatic nitrogens is 1. The highest BCUT2D eigenvalue weighted by Crippen LogP contribution is 2.33. The van der Waals surface area contributed by atoms with Crippen molar-refractivity contribution in [3.63, 3.8) is 0 Å². The molecule has 0 bridgehead atoms. The Kier molecular flexibility index (Phi) is 4.84. The molecule has 1 aromatic heterocycles. The van der Waals surface area contributed by atoms with Crippen LogP contribution in [0, 0.1) is 5.92 Å². The van der Waals surface area contributed by atoms with Crippen LogP contribution in [0.1, 0.15) is 23.0 Å². The van der Waals surface area contributed by atoms with Crippen molar-refractivity contribution in [1.29, 1.82) is 0 Å². The van der Waals surface area contributed by atoms with Gasteiger partial charge in [-0.05, 0) is 42.2 Å². The summed E-state index contributed by atoms with van der Waals surface area (Å²) in [5, 5.41) is 0. The van der Waals surface area contributed by atoms with Crippen molar-refractivity contribution in [2.75, 3.05) is 39.5 Å². The first-order valence-electron chi connectivity index (χ1n) is 9.22. The number of ether oxygens (including phenoxy) is 2. The third-order valence-corrected chi connectivity index (χ3v) is 5.08. The second kappa shape index (κ2) is 7.41. The van der Waals surface area contributed by atoms with Gasteiger partial charge >= 0.3 is 0 Å². The molecule has 0 radical (unpaired) electrons. The molecular formula is C20H25N3O3. The van der Waals surface area contributed by atoms with Crippen molar-refractivity contribution in [3.05, 3.63) is 47.8 Å². The molecule has 2 aliphatic rings. The topological polar surface area (TPSA) is 57.8 Å². The smallest absolute Gasteiger partial charge is 0.270 e. The van der Waals surface area contributed by atoms with Crippen molar-refractivity contribution in [1.82, 2.24) is 14.8 Å². The molecule has 4 rings (SSSR count). The first-order chi connectivity index (χ1) is 12.7. The summed E-state index contributed by atoms with van der Waals surface area (Å²) in [6, 6.07) is 9.90. The molecule has 1 saturated heterocycles. The lowest BCUT2D eigenvalue weighted by molar-refractivity contribution is 0.0615. The molecule has 1 amide bonds. The minimum Gasteiger partial charge on any atom is -0.454 e. The van der Waals surface area contributed by atoms with Gasteiger partial charge in [-0.3, -0.25) is 9.69 Å². The number of carbonyl (C=O) groups excluding carboxylic acids is 1. The summed E-state index contributed by atoms with van der Waals surface area (Å²) in [6.07, 6.45) is 2.81. The molecule has 3 heterocycles. The van der Waals surface area contributed by atoms with Gasteiger partial charge in [-0.15, -0.1) is 0 Å². The Morgan fingerprint density at radius 3 is 2.73 bits per heavy atom. The lowest BCUT2D eigenvalue weighted by atomic mass is 10.00. The molecule has 0 saturated carbocycles. The van der Waals surface area contributed by atoms with Crippen LogP contribution in [-0.2, 0) is 6.42 Å². The molecule has 1 N–H and O–H groups in total. The number of nitrogens with zero attached hydrogens (tertiary/aromatic N) is 2. The van der Waals surface area contributed by atoms with Crippen LogP contribution in [0.2, 0.25) is 0 Å². The number of rotatable bonds is 5. The summed E-state index contributed by atoms with van der Waals surface area (Å²) < 4.78 is 10.8. The van der Waals surface area contributed by atoms with Crippen molar-refractivity contribution < 1.29 is 14.3 Å². The number of nitrogens with one attached hydrogen (secondary N) is 1. The maximum atomic E-state index is 12.4. The van der Waals surface area contributed by atoms with E-state index in [2.05, 4.69) is 28.9 Å². The number of H-pyrrole nitrogens is 1. The third kappa shape index (κ3) is 3.70. The van der Waals surface area contributed by atoms with E-state index in [1.54, 1.807) is 6.20 Å². The third-order valence-electron chi connectivity index (χ3n) is 5.08. The number of amides is 1. The molecule has 1 fully saturated rings. The Hall–Kier alpha value is -2.47. The van der Waals surface area contributed by atoms with Crippen LogP contribution in [0.5, 0.6) is 11.5 Å². The van der Waals surface area contributed by atoms with E-state index in [1.807, 2.05) is 23.1 Å². The molecule has 0 aliphatic carbocycles. The molecule has 6 nitrogen and oxygen atoms in total. The summed E-state index contributed by atoms with van der Waals surface area (Å²) in [5.74, 6) is 2.33. The summed E-state index contributed by atoms with van der Waals surface area (Å²) >= 11 is 0. The number of piperazine rings is 1. The number of carbonyl (C=O) groups is 1. The van der Waals surface area contributed by atoms with Gasteiger partial charge in [-0.1, -0.05) is 13.0 Å². The zero-order valence-electron chi connectivity index (χ0n) is 15.1. The van der Waals surface area contributed by atoms with Gasteiger partial charge < -0.3 is 19.4 Å². The largest absolute Gasteiger partial charge is 0.454 e. The molecule has 2 aromatic rings. The van der Waals surface area contributed by atoms with Crippen LogP contribution < -0.4 is 9.47 Å². The molecule has 1 atom stereocenters. The Morgan fingerprint density at radius 2 is 1.96 bits per heavy atom. The van der Waals surface area contributed by atoms with Gasteiger partial charge in [0.15, 0.2) is 11.5 Å². The van der Waals surface area contributed by atoms with E-state index in [0.717, 1.165) is 50.6 Å². The zero-order chi connectivity index (χ0) is 17.9. The summed E-state index contributed by atoms with van der Waals surface area (Å²) in [4.78, 5) is 19.8. The Bertz CT molecular complexity index is 752. The maximum Gasteiger partial charge on any atom is 0.270 e. The van der Waals surface area contributed by atoms with Crippen molar-refractivity contribution in [2.24, 2.45) is 5.92 Å². The standard InChI is InChI=1S/C20H25N3O3/c1-15(11-16-4-5-18-19(12-16)26-14-25-18)13-22-7-9-23(10-8-22)20(24)17-3-2-6-21-17/h2-6,12,15,21H,7-11,13-14H2,1H3/t15-/m0/s1. The minimum absolute atomic E-state index is 0.100. The Balaban J connectivity index is 1.25. The number of benzene rings is 1. The maximum absolute atomic E-state index is 12.4. The van der Waals surface area contributed by atoms with E-state index in [9.17, 15) is 4.79 Å². The number of fused-ring (bicyclic) bond motifs is 1. The molecule has 1 aromatic carbocycles. The molecule has 6 heteroatoms. The average Bonchev–Trinajstić information content (AvgIpc) is 3.33. The highest BCUT2D eigenvalue weighted by atomic mass is 16.7. The van der Waals surface area contributed by atoms with Gasteiger partial charge in [0, 0.05) is 38.9 Å². The molecule has 138 valence electrons. The van der Waals surface area contributed by atoms with E-state index in [-0.39, 0.29) is 5.91 Å². The SMILES string of the molecule is C[C@@H](Cc1ccc2c(c1)OCO2)CN1CCN(C(=O)c2ccc[nH]2)CC1. The fourth-order valence-corrected chi connectivity index (χ4v) is 3.74. The van der Waals surface area contributed by atoms with Crippen LogP contribution in [0.25, 0.3) is 0 Å². The van der Waals surface area contributed by atoms with Gasteiger partial charge in [0.25, 0.3) is 5.91 Å². The van der Waals surface area contributed by atoms with E-state index < -0.39 is 0 Å². The first-order valence-corrected chi connectivity index (χ1v) is 9.22. The molecule has 26 heavy (non-hydrogen) atoms. The lowest BCUT2D eigenvalue weighted by Gasteiger charge is -2.35. The van der Waals surface area contributed by atoms with Crippen LogP contribution >= 0.6 is 0 Å². The number of hydrogen-bond donors (Lipinski definition) is 1. The fraction of sp³-hybridized carbons (Fsp3) is 0.450. The molecule has 0 unspecified atom stereocenters. The monoisotopic (exact) mass is 355 g/mol. The Labute approximate surface area is 153 Å². The predicted octanol–water partition coefficient (Wildman–Crippen LogP) is 2.38. The highest BCUT2D eigenvalue weighted by Gasteiger charge is 2.23. The van der Waals surface area contributed by atoms with Gasteiger partial charge in [0.2, 0.25) is 6.79 Å². The van der Waals surface area contributed by atoms with Crippen LogP contribution in [0.15, 0.2) is 36.5 Å². The van der Waals surface area contributed by atoms with E-state index in [1.165, 1.54) is 5.56 Å².